The molecule has 0 aromatic rings. The predicted molar refractivity (Wildman–Crippen MR) is 61.4 cm³/mol. The van der Waals surface area contributed by atoms with E-state index in [0.717, 1.165) is 13.3 Å². The molecule has 1 aliphatic heterocycles. The Hall–Kier alpha value is -0.570. The highest BCUT2D eigenvalue weighted by Crippen LogP contribution is 2.20. The van der Waals surface area contributed by atoms with E-state index in [2.05, 4.69) is 56.3 Å². The zero-order chi connectivity index (χ0) is 11.0. The van der Waals surface area contributed by atoms with E-state index in [0.29, 0.717) is 0 Å². The number of nitrogens with zero attached hydrogens (tertiary/aromatic N) is 3. The minimum absolute atomic E-state index is 0.160. The minimum Gasteiger partial charge on any atom is -0.345 e. The van der Waals surface area contributed by atoms with Gasteiger partial charge in [0.15, 0.2) is 0 Å². The average Bonchev–Trinajstić information content (AvgIpc) is 2.01. The van der Waals surface area contributed by atoms with Gasteiger partial charge in [0, 0.05) is 11.1 Å². The Labute approximate surface area is 87.8 Å². The first-order valence-electron chi connectivity index (χ1n) is 5.23. The summed E-state index contributed by atoms with van der Waals surface area (Å²) in [7, 11) is 0. The van der Waals surface area contributed by atoms with Crippen LogP contribution in [0.15, 0.2) is 4.99 Å². The molecule has 1 aliphatic rings. The largest absolute Gasteiger partial charge is 0.345 e. The normalized spacial score (nSPS) is 20.3. The van der Waals surface area contributed by atoms with Gasteiger partial charge in [0.25, 0.3) is 0 Å². The third kappa shape index (κ3) is 2.71. The molecule has 0 aliphatic carbocycles. The summed E-state index contributed by atoms with van der Waals surface area (Å²) in [4.78, 5) is 9.05. The highest BCUT2D eigenvalue weighted by molar-refractivity contribution is 5.56. The van der Waals surface area contributed by atoms with Crippen molar-refractivity contribution in [2.45, 2.75) is 52.6 Å². The molecule has 0 spiro atoms. The van der Waals surface area contributed by atoms with Crippen LogP contribution in [0.25, 0.3) is 0 Å². The van der Waals surface area contributed by atoms with Crippen molar-refractivity contribution in [2.24, 2.45) is 4.99 Å². The molecule has 0 atom stereocenters. The molecule has 0 aromatic heterocycles. The van der Waals surface area contributed by atoms with Crippen LogP contribution in [0, 0.1) is 0 Å². The molecule has 0 amide bonds. The van der Waals surface area contributed by atoms with Crippen LogP contribution in [-0.4, -0.2) is 40.6 Å². The lowest BCUT2D eigenvalue weighted by Crippen LogP contribution is -2.55. The smallest absolute Gasteiger partial charge is 0.0945 e. The first kappa shape index (κ1) is 11.5. The lowest BCUT2D eigenvalue weighted by molar-refractivity contribution is 0.0480. The topological polar surface area (TPSA) is 18.8 Å². The second-order valence-corrected chi connectivity index (χ2v) is 5.93. The summed E-state index contributed by atoms with van der Waals surface area (Å²) < 4.78 is 0. The monoisotopic (exact) mass is 197 g/mol. The molecule has 0 aromatic carbocycles. The maximum Gasteiger partial charge on any atom is 0.0945 e. The molecule has 1 heterocycles. The fourth-order valence-electron chi connectivity index (χ4n) is 1.31. The number of rotatable bonds is 0. The van der Waals surface area contributed by atoms with Crippen molar-refractivity contribution >= 4 is 6.34 Å². The third-order valence-corrected chi connectivity index (χ3v) is 2.61. The molecule has 0 saturated heterocycles. The Bertz CT molecular complexity index is 220. The molecule has 0 unspecified atom stereocenters. The molecular weight excluding hydrogens is 174 g/mol. The van der Waals surface area contributed by atoms with Crippen LogP contribution < -0.4 is 0 Å². The van der Waals surface area contributed by atoms with Crippen molar-refractivity contribution in [3.05, 3.63) is 0 Å². The highest BCUT2D eigenvalue weighted by atomic mass is 15.4. The van der Waals surface area contributed by atoms with Crippen molar-refractivity contribution < 1.29 is 0 Å². The van der Waals surface area contributed by atoms with Gasteiger partial charge < -0.3 is 4.90 Å². The van der Waals surface area contributed by atoms with Crippen LogP contribution in [0.4, 0.5) is 0 Å². The van der Waals surface area contributed by atoms with E-state index in [-0.39, 0.29) is 11.1 Å². The Morgan fingerprint density at radius 1 is 1.00 bits per heavy atom. The molecule has 0 N–H and O–H groups in total. The van der Waals surface area contributed by atoms with Gasteiger partial charge in [-0.15, -0.1) is 0 Å². The molecule has 3 heteroatoms. The van der Waals surface area contributed by atoms with Gasteiger partial charge in [0.05, 0.1) is 19.7 Å². The van der Waals surface area contributed by atoms with Crippen molar-refractivity contribution in [3.63, 3.8) is 0 Å². The van der Waals surface area contributed by atoms with E-state index in [1.807, 2.05) is 6.34 Å². The number of hydrogen-bond acceptors (Lipinski definition) is 3. The van der Waals surface area contributed by atoms with Crippen LogP contribution in [-0.2, 0) is 0 Å². The van der Waals surface area contributed by atoms with Crippen LogP contribution >= 0.6 is 0 Å². The van der Waals surface area contributed by atoms with E-state index >= 15 is 0 Å². The zero-order valence-electron chi connectivity index (χ0n) is 10.3. The van der Waals surface area contributed by atoms with Crippen molar-refractivity contribution in [1.82, 2.24) is 9.80 Å². The zero-order valence-corrected chi connectivity index (χ0v) is 10.3. The third-order valence-electron chi connectivity index (χ3n) is 2.61. The molecule has 0 saturated carbocycles. The van der Waals surface area contributed by atoms with Crippen LogP contribution in [0.3, 0.4) is 0 Å². The fourth-order valence-corrected chi connectivity index (χ4v) is 1.31. The molecule has 1 rings (SSSR count). The summed E-state index contributed by atoms with van der Waals surface area (Å²) in [6.45, 7) is 15.1. The number of hydrogen-bond donors (Lipinski definition) is 0. The van der Waals surface area contributed by atoms with E-state index in [1.54, 1.807) is 0 Å². The second kappa shape index (κ2) is 3.54. The molecular formula is C11H23N3. The van der Waals surface area contributed by atoms with Gasteiger partial charge in [-0.25, -0.2) is 0 Å². The average molecular weight is 197 g/mol. The molecule has 14 heavy (non-hydrogen) atoms. The lowest BCUT2D eigenvalue weighted by atomic mass is 10.1. The van der Waals surface area contributed by atoms with Crippen molar-refractivity contribution in [1.29, 1.82) is 0 Å². The highest BCUT2D eigenvalue weighted by Gasteiger charge is 2.28. The molecule has 0 bridgehead atoms. The Balaban J connectivity index is 2.71. The summed E-state index contributed by atoms with van der Waals surface area (Å²) in [5, 5.41) is 0. The first-order valence-corrected chi connectivity index (χ1v) is 5.23. The summed E-state index contributed by atoms with van der Waals surface area (Å²) in [6.07, 6.45) is 1.97. The quantitative estimate of drug-likeness (QED) is 0.592. The van der Waals surface area contributed by atoms with Gasteiger partial charge in [-0.3, -0.25) is 9.89 Å². The van der Waals surface area contributed by atoms with E-state index in [1.165, 1.54) is 0 Å². The second-order valence-electron chi connectivity index (χ2n) is 5.93. The van der Waals surface area contributed by atoms with E-state index < -0.39 is 0 Å². The van der Waals surface area contributed by atoms with Gasteiger partial charge in [-0.05, 0) is 41.5 Å². The Morgan fingerprint density at radius 3 is 2.00 bits per heavy atom. The standard InChI is InChI=1S/C11H23N3/c1-10(2,3)13-7-12-8-14(9-13)11(4,5)6/h7H,8-9H2,1-6H3. The Morgan fingerprint density at radius 2 is 1.57 bits per heavy atom. The van der Waals surface area contributed by atoms with Gasteiger partial charge in [-0.2, -0.15) is 0 Å². The molecule has 3 nitrogen and oxygen atoms in total. The van der Waals surface area contributed by atoms with Crippen molar-refractivity contribution in [3.8, 4) is 0 Å². The fraction of sp³-hybridized carbons (Fsp3) is 0.909. The summed E-state index contributed by atoms with van der Waals surface area (Å²) in [6, 6.07) is 0. The summed E-state index contributed by atoms with van der Waals surface area (Å²) >= 11 is 0. The SMILES string of the molecule is CC(C)(C)N1C=NCN(C(C)(C)C)C1. The molecule has 0 radical (unpaired) electrons. The molecule has 0 fully saturated rings. The predicted octanol–water partition coefficient (Wildman–Crippen LogP) is 2.14. The van der Waals surface area contributed by atoms with E-state index in [9.17, 15) is 0 Å². The van der Waals surface area contributed by atoms with Crippen LogP contribution in [0.1, 0.15) is 41.5 Å². The summed E-state index contributed by atoms with van der Waals surface area (Å²) in [5.74, 6) is 0. The van der Waals surface area contributed by atoms with Gasteiger partial charge in [-0.1, -0.05) is 0 Å². The van der Waals surface area contributed by atoms with Crippen LogP contribution in [0.5, 0.6) is 0 Å². The van der Waals surface area contributed by atoms with Gasteiger partial charge >= 0.3 is 0 Å². The van der Waals surface area contributed by atoms with Gasteiger partial charge in [0.2, 0.25) is 0 Å². The van der Waals surface area contributed by atoms with Gasteiger partial charge in [0.1, 0.15) is 0 Å². The maximum atomic E-state index is 4.40. The van der Waals surface area contributed by atoms with Crippen molar-refractivity contribution in [2.75, 3.05) is 13.3 Å². The Kier molecular flexibility index (Phi) is 2.91. The maximum absolute atomic E-state index is 4.40. The van der Waals surface area contributed by atoms with E-state index in [4.69, 9.17) is 0 Å². The van der Waals surface area contributed by atoms with Crippen LogP contribution in [0.2, 0.25) is 0 Å². The lowest BCUT2D eigenvalue weighted by Gasteiger charge is -2.45. The molecule has 82 valence electrons. The first-order chi connectivity index (χ1) is 6.21. The number of aliphatic imine (C=N–C) groups is 1. The minimum atomic E-state index is 0.160. The summed E-state index contributed by atoms with van der Waals surface area (Å²) in [5.41, 5.74) is 0.356.